The first-order valence-electron chi connectivity index (χ1n) is 6.83. The highest BCUT2D eigenvalue weighted by Gasteiger charge is 2.36. The molecule has 1 fully saturated rings. The Labute approximate surface area is 118 Å². The summed E-state index contributed by atoms with van der Waals surface area (Å²) in [7, 11) is 1.43. The van der Waals surface area contributed by atoms with Gasteiger partial charge in [0.15, 0.2) is 11.6 Å². The Balaban J connectivity index is 2.31. The van der Waals surface area contributed by atoms with E-state index in [0.29, 0.717) is 5.92 Å². The topological polar surface area (TPSA) is 41.6 Å². The van der Waals surface area contributed by atoms with Gasteiger partial charge in [0.2, 0.25) is 5.91 Å². The van der Waals surface area contributed by atoms with E-state index in [9.17, 15) is 9.18 Å². The van der Waals surface area contributed by atoms with E-state index >= 15 is 0 Å². The zero-order valence-corrected chi connectivity index (χ0v) is 12.3. The second-order valence-electron chi connectivity index (χ2n) is 5.46. The number of ether oxygens (including phenoxy) is 1. The van der Waals surface area contributed by atoms with Gasteiger partial charge in [-0.3, -0.25) is 10.1 Å². The van der Waals surface area contributed by atoms with Crippen LogP contribution in [0, 0.1) is 11.7 Å². The van der Waals surface area contributed by atoms with E-state index in [-0.39, 0.29) is 30.4 Å². The summed E-state index contributed by atoms with van der Waals surface area (Å²) < 4.78 is 18.8. The largest absolute Gasteiger partial charge is 0.494 e. The zero-order chi connectivity index (χ0) is 14.9. The van der Waals surface area contributed by atoms with Crippen molar-refractivity contribution in [3.8, 4) is 5.75 Å². The van der Waals surface area contributed by atoms with Gasteiger partial charge in [-0.1, -0.05) is 19.9 Å². The van der Waals surface area contributed by atoms with Crippen LogP contribution in [0.4, 0.5) is 4.39 Å². The quantitative estimate of drug-likeness (QED) is 0.920. The molecule has 0 saturated carbocycles. The number of hydrogen-bond acceptors (Lipinski definition) is 3. The van der Waals surface area contributed by atoms with Crippen LogP contribution >= 0.6 is 0 Å². The third-order valence-electron chi connectivity index (χ3n) is 3.91. The average Bonchev–Trinajstić information content (AvgIpc) is 2.79. The van der Waals surface area contributed by atoms with Crippen LogP contribution in [0.5, 0.6) is 5.75 Å². The molecular formula is C15H21FN2O2. The molecule has 1 aliphatic rings. The van der Waals surface area contributed by atoms with Crippen molar-refractivity contribution >= 4 is 5.91 Å². The van der Waals surface area contributed by atoms with Crippen molar-refractivity contribution in [1.29, 1.82) is 0 Å². The minimum absolute atomic E-state index is 0.0485. The molecule has 0 aliphatic carbocycles. The fourth-order valence-electron chi connectivity index (χ4n) is 2.43. The van der Waals surface area contributed by atoms with Crippen molar-refractivity contribution in [1.82, 2.24) is 10.2 Å². The van der Waals surface area contributed by atoms with Crippen molar-refractivity contribution in [2.45, 2.75) is 33.0 Å². The molecule has 1 saturated heterocycles. The van der Waals surface area contributed by atoms with E-state index in [1.807, 2.05) is 6.92 Å². The standard InChI is InChI=1S/C15H21FN2O2/c1-9(2)10(3)18-14(19)8-17-15(18)11-5-6-13(20-4)12(16)7-11/h5-7,9-10,15,17H,8H2,1-4H3. The van der Waals surface area contributed by atoms with Crippen LogP contribution in [0.1, 0.15) is 32.5 Å². The second-order valence-corrected chi connectivity index (χ2v) is 5.46. The van der Waals surface area contributed by atoms with E-state index in [2.05, 4.69) is 19.2 Å². The smallest absolute Gasteiger partial charge is 0.238 e. The van der Waals surface area contributed by atoms with Gasteiger partial charge in [-0.25, -0.2) is 4.39 Å². The Bertz CT molecular complexity index is 505. The number of amides is 1. The van der Waals surface area contributed by atoms with Gasteiger partial charge in [-0.15, -0.1) is 0 Å². The molecule has 1 aromatic rings. The Hall–Kier alpha value is -1.62. The molecule has 20 heavy (non-hydrogen) atoms. The van der Waals surface area contributed by atoms with Crippen molar-refractivity contribution in [2.24, 2.45) is 5.92 Å². The number of benzene rings is 1. The van der Waals surface area contributed by atoms with Gasteiger partial charge < -0.3 is 9.64 Å². The molecule has 2 unspecified atom stereocenters. The first kappa shape index (κ1) is 14.8. The molecule has 0 bridgehead atoms. The van der Waals surface area contributed by atoms with Gasteiger partial charge in [0.05, 0.1) is 13.7 Å². The first-order valence-corrected chi connectivity index (χ1v) is 6.83. The third-order valence-corrected chi connectivity index (χ3v) is 3.91. The van der Waals surface area contributed by atoms with E-state index < -0.39 is 5.82 Å². The molecule has 0 aromatic heterocycles. The molecule has 1 heterocycles. The van der Waals surface area contributed by atoms with Crippen molar-refractivity contribution in [3.05, 3.63) is 29.6 Å². The normalized spacial score (nSPS) is 20.6. The Morgan fingerprint density at radius 3 is 2.65 bits per heavy atom. The summed E-state index contributed by atoms with van der Waals surface area (Å²) in [6.07, 6.45) is -0.277. The van der Waals surface area contributed by atoms with Crippen LogP contribution in [-0.2, 0) is 4.79 Å². The maximum atomic E-state index is 13.8. The highest BCUT2D eigenvalue weighted by atomic mass is 19.1. The van der Waals surface area contributed by atoms with Crippen molar-refractivity contribution < 1.29 is 13.9 Å². The van der Waals surface area contributed by atoms with E-state index in [4.69, 9.17) is 4.74 Å². The lowest BCUT2D eigenvalue weighted by molar-refractivity contribution is -0.130. The first-order chi connectivity index (χ1) is 9.45. The summed E-state index contributed by atoms with van der Waals surface area (Å²) in [5.74, 6) is 0.182. The fraction of sp³-hybridized carbons (Fsp3) is 0.533. The lowest BCUT2D eigenvalue weighted by atomic mass is 10.0. The Kier molecular flexibility index (Phi) is 4.28. The number of methoxy groups -OCH3 is 1. The Morgan fingerprint density at radius 1 is 1.40 bits per heavy atom. The maximum Gasteiger partial charge on any atom is 0.238 e. The zero-order valence-electron chi connectivity index (χ0n) is 12.3. The summed E-state index contributed by atoms with van der Waals surface area (Å²) in [4.78, 5) is 13.9. The lowest BCUT2D eigenvalue weighted by Gasteiger charge is -2.33. The van der Waals surface area contributed by atoms with Gasteiger partial charge in [0, 0.05) is 6.04 Å². The number of halogens is 1. The fourth-order valence-corrected chi connectivity index (χ4v) is 2.43. The van der Waals surface area contributed by atoms with Crippen LogP contribution < -0.4 is 10.1 Å². The number of nitrogens with one attached hydrogen (secondary N) is 1. The monoisotopic (exact) mass is 280 g/mol. The van der Waals surface area contributed by atoms with Gasteiger partial charge in [0.25, 0.3) is 0 Å². The minimum Gasteiger partial charge on any atom is -0.494 e. The van der Waals surface area contributed by atoms with E-state index in [0.717, 1.165) is 5.56 Å². The molecule has 1 N–H and O–H groups in total. The highest BCUT2D eigenvalue weighted by molar-refractivity contribution is 5.81. The van der Waals surface area contributed by atoms with Crippen LogP contribution in [0.3, 0.4) is 0 Å². The molecule has 1 aromatic carbocycles. The van der Waals surface area contributed by atoms with Gasteiger partial charge in [-0.05, 0) is 30.5 Å². The predicted molar refractivity (Wildman–Crippen MR) is 74.8 cm³/mol. The SMILES string of the molecule is COc1ccc(C2NCC(=O)N2C(C)C(C)C)cc1F. The number of carbonyl (C=O) groups excluding carboxylic acids is 1. The summed E-state index contributed by atoms with van der Waals surface area (Å²) in [5, 5.41) is 3.14. The van der Waals surface area contributed by atoms with E-state index in [1.54, 1.807) is 17.0 Å². The van der Waals surface area contributed by atoms with Gasteiger partial charge in [0.1, 0.15) is 6.17 Å². The molecule has 1 amide bonds. The summed E-state index contributed by atoms with van der Waals surface area (Å²) in [6.45, 7) is 6.45. The van der Waals surface area contributed by atoms with E-state index in [1.165, 1.54) is 13.2 Å². The molecule has 2 rings (SSSR count). The molecule has 0 spiro atoms. The maximum absolute atomic E-state index is 13.8. The molecule has 0 radical (unpaired) electrons. The van der Waals surface area contributed by atoms with Crippen molar-refractivity contribution in [2.75, 3.05) is 13.7 Å². The highest BCUT2D eigenvalue weighted by Crippen LogP contribution is 2.29. The second kappa shape index (κ2) is 5.79. The molecule has 2 atom stereocenters. The molecule has 1 aliphatic heterocycles. The number of hydrogen-bond donors (Lipinski definition) is 1. The molecule has 110 valence electrons. The summed E-state index contributed by atoms with van der Waals surface area (Å²) in [5.41, 5.74) is 0.738. The van der Waals surface area contributed by atoms with Crippen molar-refractivity contribution in [3.63, 3.8) is 0 Å². The predicted octanol–water partition coefficient (Wildman–Crippen LogP) is 2.31. The van der Waals surface area contributed by atoms with Crippen LogP contribution in [0.2, 0.25) is 0 Å². The average molecular weight is 280 g/mol. The number of rotatable bonds is 4. The number of nitrogens with zero attached hydrogens (tertiary/aromatic N) is 1. The molecule has 4 nitrogen and oxygen atoms in total. The summed E-state index contributed by atoms with van der Waals surface area (Å²) in [6, 6.07) is 4.90. The molecule has 5 heteroatoms. The third kappa shape index (κ3) is 2.63. The van der Waals surface area contributed by atoms with Gasteiger partial charge >= 0.3 is 0 Å². The Morgan fingerprint density at radius 2 is 2.10 bits per heavy atom. The minimum atomic E-state index is -0.414. The van der Waals surface area contributed by atoms with Gasteiger partial charge in [-0.2, -0.15) is 0 Å². The summed E-state index contributed by atoms with van der Waals surface area (Å²) >= 11 is 0. The van der Waals surface area contributed by atoms with Crippen LogP contribution in [-0.4, -0.2) is 30.5 Å². The van der Waals surface area contributed by atoms with Crippen LogP contribution in [0.15, 0.2) is 18.2 Å². The number of carbonyl (C=O) groups is 1. The lowest BCUT2D eigenvalue weighted by Crippen LogP contribution is -2.40. The van der Waals surface area contributed by atoms with Crippen LogP contribution in [0.25, 0.3) is 0 Å². The molecular weight excluding hydrogens is 259 g/mol.